The molecule has 5 aromatic rings. The van der Waals surface area contributed by atoms with Crippen LogP contribution < -0.4 is 10.2 Å². The van der Waals surface area contributed by atoms with E-state index in [9.17, 15) is 10.1 Å². The van der Waals surface area contributed by atoms with Gasteiger partial charge in [-0.25, -0.2) is 14.5 Å². The molecule has 0 aliphatic carbocycles. The molecule has 1 saturated heterocycles. The Morgan fingerprint density at radius 1 is 1.00 bits per heavy atom. The number of nitrogens with one attached hydrogen (secondary N) is 1. The number of piperazine rings is 1. The Kier molecular flexibility index (Phi) is 7.62. The lowest BCUT2D eigenvalue weighted by atomic mass is 9.95. The van der Waals surface area contributed by atoms with Gasteiger partial charge in [0.2, 0.25) is 5.91 Å². The number of hydrogen-bond acceptors (Lipinski definition) is 8. The predicted molar refractivity (Wildman–Crippen MR) is 160 cm³/mol. The summed E-state index contributed by atoms with van der Waals surface area (Å²) in [5.41, 5.74) is 5.24. The fourth-order valence-electron chi connectivity index (χ4n) is 5.51. The van der Waals surface area contributed by atoms with Gasteiger partial charge in [-0.05, 0) is 24.7 Å². The Balaban J connectivity index is 1.17. The minimum Gasteiger partial charge on any atom is -0.353 e. The van der Waals surface area contributed by atoms with Gasteiger partial charge < -0.3 is 15.1 Å². The zero-order valence-electron chi connectivity index (χ0n) is 23.7. The van der Waals surface area contributed by atoms with Gasteiger partial charge in [0.15, 0.2) is 0 Å². The molecule has 11 nitrogen and oxygen atoms in total. The molecule has 1 N–H and O–H groups in total. The summed E-state index contributed by atoms with van der Waals surface area (Å²) in [5, 5.41) is 21.6. The molecule has 1 amide bonds. The Hall–Kier alpha value is -5.08. The molecule has 4 aromatic heterocycles. The van der Waals surface area contributed by atoms with E-state index in [2.05, 4.69) is 38.6 Å². The van der Waals surface area contributed by atoms with Gasteiger partial charge in [0.1, 0.15) is 23.0 Å². The van der Waals surface area contributed by atoms with E-state index in [0.717, 1.165) is 23.5 Å². The molecule has 11 heteroatoms. The first kappa shape index (κ1) is 27.1. The lowest BCUT2D eigenvalue weighted by Crippen LogP contribution is -2.49. The lowest BCUT2D eigenvalue weighted by molar-refractivity contribution is -0.131. The van der Waals surface area contributed by atoms with Crippen LogP contribution >= 0.6 is 0 Å². The van der Waals surface area contributed by atoms with Gasteiger partial charge in [0, 0.05) is 75.6 Å². The zero-order chi connectivity index (χ0) is 29.1. The smallest absolute Gasteiger partial charge is 0.223 e. The average molecular weight is 561 g/mol. The first-order chi connectivity index (χ1) is 20.5. The number of aromatic nitrogens is 6. The zero-order valence-corrected chi connectivity index (χ0v) is 23.7. The van der Waals surface area contributed by atoms with Crippen molar-refractivity contribution < 1.29 is 4.79 Å². The third-order valence-corrected chi connectivity index (χ3v) is 7.74. The Bertz CT molecular complexity index is 1730. The molecule has 1 aliphatic rings. The molecule has 212 valence electrons. The molecule has 42 heavy (non-hydrogen) atoms. The maximum atomic E-state index is 13.2. The number of anilines is 1. The Morgan fingerprint density at radius 3 is 2.48 bits per heavy atom. The molecule has 1 aromatic carbocycles. The van der Waals surface area contributed by atoms with E-state index in [4.69, 9.17) is 9.97 Å². The summed E-state index contributed by atoms with van der Waals surface area (Å²) in [7, 11) is 3.78. The van der Waals surface area contributed by atoms with E-state index in [1.165, 1.54) is 5.56 Å². The highest BCUT2D eigenvalue weighted by molar-refractivity contribution is 5.83. The first-order valence-corrected chi connectivity index (χ1v) is 14.0. The molecule has 1 aliphatic heterocycles. The number of carbonyl (C=O) groups excluding carboxylic acids is 1. The quantitative estimate of drug-likeness (QED) is 0.307. The predicted octanol–water partition coefficient (Wildman–Crippen LogP) is 3.11. The number of likely N-dealkylation sites (N-methyl/N-ethyl adjacent to an activating group) is 1. The number of hydrogen-bond donors (Lipinski definition) is 1. The van der Waals surface area contributed by atoms with Crippen molar-refractivity contribution in [3.05, 3.63) is 84.6 Å². The van der Waals surface area contributed by atoms with Crippen molar-refractivity contribution in [3.8, 4) is 28.6 Å². The Morgan fingerprint density at radius 2 is 1.81 bits per heavy atom. The molecule has 0 spiro atoms. The lowest BCUT2D eigenvalue weighted by Gasteiger charge is -2.36. The summed E-state index contributed by atoms with van der Waals surface area (Å²) in [6.45, 7) is 3.48. The molecule has 0 saturated carbocycles. The third kappa shape index (κ3) is 5.44. The van der Waals surface area contributed by atoms with Crippen LogP contribution in [0.15, 0.2) is 73.4 Å². The summed E-state index contributed by atoms with van der Waals surface area (Å²) >= 11 is 0. The van der Waals surface area contributed by atoms with Gasteiger partial charge in [-0.1, -0.05) is 30.3 Å². The van der Waals surface area contributed by atoms with Gasteiger partial charge in [-0.3, -0.25) is 9.48 Å². The van der Waals surface area contributed by atoms with E-state index in [0.29, 0.717) is 55.1 Å². The van der Waals surface area contributed by atoms with Crippen molar-refractivity contribution in [1.82, 2.24) is 39.6 Å². The maximum Gasteiger partial charge on any atom is 0.223 e. The fraction of sp³-hybridized carbons (Fsp3) is 0.290. The Labute approximate surface area is 244 Å². The number of rotatable bonds is 8. The van der Waals surface area contributed by atoms with Crippen molar-refractivity contribution in [2.75, 3.05) is 44.7 Å². The van der Waals surface area contributed by atoms with Crippen LogP contribution in [0.1, 0.15) is 23.5 Å². The highest BCUT2D eigenvalue weighted by Gasteiger charge is 2.25. The SMILES string of the molecule is CNCC(CC(=O)N1CCN(c2ccc(-c3nc(-c4cnn(C)c4)cn4ncc(C#N)c34)cn2)CC1)c1ccccc1. The summed E-state index contributed by atoms with van der Waals surface area (Å²) in [6.07, 6.45) is 9.27. The number of carbonyl (C=O) groups is 1. The summed E-state index contributed by atoms with van der Waals surface area (Å²) < 4.78 is 3.41. The van der Waals surface area contributed by atoms with Gasteiger partial charge in [0.25, 0.3) is 0 Å². The molecular weight excluding hydrogens is 528 g/mol. The average Bonchev–Trinajstić information content (AvgIpc) is 3.67. The van der Waals surface area contributed by atoms with Crippen molar-refractivity contribution in [1.29, 1.82) is 5.26 Å². The topological polar surface area (TPSA) is 120 Å². The van der Waals surface area contributed by atoms with Crippen molar-refractivity contribution >= 4 is 17.2 Å². The van der Waals surface area contributed by atoms with E-state index < -0.39 is 0 Å². The van der Waals surface area contributed by atoms with Crippen LogP contribution in [0.5, 0.6) is 0 Å². The second-order valence-corrected chi connectivity index (χ2v) is 10.5. The van der Waals surface area contributed by atoms with Gasteiger partial charge in [0.05, 0.1) is 30.0 Å². The molecule has 0 bridgehead atoms. The van der Waals surface area contributed by atoms with Crippen LogP contribution in [0, 0.1) is 11.3 Å². The summed E-state index contributed by atoms with van der Waals surface area (Å²) in [6, 6.07) is 16.4. The highest BCUT2D eigenvalue weighted by Crippen LogP contribution is 2.29. The maximum absolute atomic E-state index is 13.2. The third-order valence-electron chi connectivity index (χ3n) is 7.74. The van der Waals surface area contributed by atoms with Crippen molar-refractivity contribution in [3.63, 3.8) is 0 Å². The minimum atomic E-state index is 0.144. The van der Waals surface area contributed by atoms with E-state index >= 15 is 0 Å². The normalized spacial score (nSPS) is 14.2. The number of aryl methyl sites for hydroxylation is 1. The van der Waals surface area contributed by atoms with Crippen LogP contribution in [0.2, 0.25) is 0 Å². The van der Waals surface area contributed by atoms with Crippen LogP contribution in [0.25, 0.3) is 28.0 Å². The number of amides is 1. The standard InChI is InChI=1S/C31H32N10O/c1-33-16-24(22-6-4-3-5-7-22)14-29(42)40-12-10-39(11-13-40)28-9-8-23(17-34-28)30-31-25(15-32)18-36-41(31)21-27(37-30)26-19-35-38(2)20-26/h3-9,17-21,24,33H,10-14,16H2,1-2H3. The van der Waals surface area contributed by atoms with Gasteiger partial charge >= 0.3 is 0 Å². The molecule has 1 atom stereocenters. The molecule has 1 fully saturated rings. The van der Waals surface area contributed by atoms with E-state index in [1.807, 2.05) is 55.5 Å². The summed E-state index contributed by atoms with van der Waals surface area (Å²) in [5.74, 6) is 1.17. The van der Waals surface area contributed by atoms with Crippen LogP contribution in [0.3, 0.4) is 0 Å². The number of benzene rings is 1. The largest absolute Gasteiger partial charge is 0.353 e. The minimum absolute atomic E-state index is 0.144. The fourth-order valence-corrected chi connectivity index (χ4v) is 5.51. The molecule has 6 rings (SSSR count). The van der Waals surface area contributed by atoms with E-state index in [1.54, 1.807) is 34.0 Å². The van der Waals surface area contributed by atoms with Crippen LogP contribution in [0.4, 0.5) is 5.82 Å². The molecular formula is C31H32N10O. The molecule has 1 unspecified atom stereocenters. The van der Waals surface area contributed by atoms with Crippen LogP contribution in [-0.2, 0) is 11.8 Å². The molecule has 5 heterocycles. The second kappa shape index (κ2) is 11.8. The monoisotopic (exact) mass is 560 g/mol. The number of fused-ring (bicyclic) bond motifs is 1. The summed E-state index contributed by atoms with van der Waals surface area (Å²) in [4.78, 5) is 27.0. The van der Waals surface area contributed by atoms with Crippen molar-refractivity contribution in [2.24, 2.45) is 7.05 Å². The van der Waals surface area contributed by atoms with Gasteiger partial charge in [-0.2, -0.15) is 15.5 Å². The number of nitrogens with zero attached hydrogens (tertiary/aromatic N) is 9. The number of nitriles is 1. The van der Waals surface area contributed by atoms with Gasteiger partial charge in [-0.15, -0.1) is 0 Å². The molecule has 0 radical (unpaired) electrons. The first-order valence-electron chi connectivity index (χ1n) is 14.0. The van der Waals surface area contributed by atoms with E-state index in [-0.39, 0.29) is 11.8 Å². The highest BCUT2D eigenvalue weighted by atomic mass is 16.2. The number of pyridine rings is 1. The van der Waals surface area contributed by atoms with Crippen LogP contribution in [-0.4, -0.2) is 79.9 Å². The van der Waals surface area contributed by atoms with Crippen molar-refractivity contribution in [2.45, 2.75) is 12.3 Å². The second-order valence-electron chi connectivity index (χ2n) is 10.5.